The Balaban J connectivity index is 1.27. The lowest BCUT2D eigenvalue weighted by atomic mass is 10.1. The summed E-state index contributed by atoms with van der Waals surface area (Å²) < 4.78 is 2.04. The van der Waals surface area contributed by atoms with Crippen molar-refractivity contribution >= 4 is 23.2 Å². The first-order chi connectivity index (χ1) is 15.7. The van der Waals surface area contributed by atoms with Gasteiger partial charge in [-0.2, -0.15) is 5.10 Å². The molecule has 1 aromatic carbocycles. The summed E-state index contributed by atoms with van der Waals surface area (Å²) in [5.41, 5.74) is 2.86. The van der Waals surface area contributed by atoms with E-state index in [0.29, 0.717) is 18.0 Å². The molecule has 164 valence electrons. The molecule has 3 N–H and O–H groups in total. The highest BCUT2D eigenvalue weighted by molar-refractivity contribution is 5.95. The summed E-state index contributed by atoms with van der Waals surface area (Å²) in [5.74, 6) is 3.29. The van der Waals surface area contributed by atoms with Gasteiger partial charge in [0.05, 0.1) is 6.54 Å². The third kappa shape index (κ3) is 3.64. The van der Waals surface area contributed by atoms with E-state index in [4.69, 9.17) is 0 Å². The van der Waals surface area contributed by atoms with Crippen molar-refractivity contribution in [2.24, 2.45) is 0 Å². The number of aromatic amines is 1. The number of nitrogens with zero attached hydrogens (tertiary/aromatic N) is 5. The van der Waals surface area contributed by atoms with Gasteiger partial charge in [-0.3, -0.25) is 14.5 Å². The van der Waals surface area contributed by atoms with E-state index < -0.39 is 0 Å². The molecule has 0 unspecified atom stereocenters. The normalized spacial score (nSPS) is 18.3. The zero-order valence-electron chi connectivity index (χ0n) is 17.8. The van der Waals surface area contributed by atoms with Gasteiger partial charge in [0, 0.05) is 73.7 Å². The molecule has 1 amide bonds. The van der Waals surface area contributed by atoms with Crippen LogP contribution in [0, 0.1) is 0 Å². The number of hydrogen-bond donors (Lipinski definition) is 3. The molecule has 1 saturated carbocycles. The van der Waals surface area contributed by atoms with Crippen LogP contribution in [0.5, 0.6) is 0 Å². The molecule has 2 aromatic heterocycles. The van der Waals surface area contributed by atoms with Crippen molar-refractivity contribution in [2.75, 3.05) is 36.4 Å². The minimum atomic E-state index is 0.0818. The monoisotopic (exact) mass is 430 g/mol. The Morgan fingerprint density at radius 1 is 1.16 bits per heavy atom. The standard InChI is InChI=1S/C23H26N8O/c32-23(29-9-6-24-7-10-29)17-2-1-3-18(12-17)30-14-21-25-8-11-31(21)22(15-30)26-20-13-19(27-28-20)16-4-5-16/h1-3,8,11-13,15-16,24H,4-7,9-10,14H2,(H2,26,27,28). The third-order valence-corrected chi connectivity index (χ3v) is 6.27. The molecule has 0 radical (unpaired) electrons. The van der Waals surface area contributed by atoms with Crippen molar-refractivity contribution in [1.82, 2.24) is 30.0 Å². The van der Waals surface area contributed by atoms with Crippen LogP contribution in [0.1, 0.15) is 40.6 Å². The lowest BCUT2D eigenvalue weighted by Crippen LogP contribution is -2.46. The van der Waals surface area contributed by atoms with E-state index in [1.807, 2.05) is 39.9 Å². The molecule has 0 bridgehead atoms. The number of rotatable bonds is 5. The fourth-order valence-electron chi connectivity index (χ4n) is 4.34. The number of hydrogen-bond acceptors (Lipinski definition) is 6. The SMILES string of the molecule is O=C(c1cccc(N2C=C(Nc3cc(C4CC4)[nH]n3)n3ccnc3C2)c1)N1CCNCC1. The second-order valence-corrected chi connectivity index (χ2v) is 8.56. The predicted molar refractivity (Wildman–Crippen MR) is 122 cm³/mol. The Kier molecular flexibility index (Phi) is 4.68. The summed E-state index contributed by atoms with van der Waals surface area (Å²) in [6, 6.07) is 9.92. The van der Waals surface area contributed by atoms with Gasteiger partial charge in [-0.15, -0.1) is 0 Å². The molecule has 3 aromatic rings. The zero-order chi connectivity index (χ0) is 21.5. The molecule has 32 heavy (non-hydrogen) atoms. The number of anilines is 2. The van der Waals surface area contributed by atoms with Crippen LogP contribution in [0.25, 0.3) is 5.82 Å². The molecular formula is C23H26N8O. The van der Waals surface area contributed by atoms with Crippen molar-refractivity contribution in [1.29, 1.82) is 0 Å². The van der Waals surface area contributed by atoms with Crippen molar-refractivity contribution in [3.63, 3.8) is 0 Å². The quantitative estimate of drug-likeness (QED) is 0.576. The molecule has 9 nitrogen and oxygen atoms in total. The van der Waals surface area contributed by atoms with Crippen LogP contribution in [0.4, 0.5) is 11.5 Å². The van der Waals surface area contributed by atoms with E-state index in [-0.39, 0.29) is 5.91 Å². The Morgan fingerprint density at radius 3 is 2.88 bits per heavy atom. The molecule has 2 fully saturated rings. The van der Waals surface area contributed by atoms with E-state index in [1.54, 1.807) is 6.20 Å². The van der Waals surface area contributed by atoms with Crippen molar-refractivity contribution < 1.29 is 4.79 Å². The van der Waals surface area contributed by atoms with Gasteiger partial charge in [-0.25, -0.2) is 4.98 Å². The van der Waals surface area contributed by atoms with E-state index in [2.05, 4.69) is 43.0 Å². The highest BCUT2D eigenvalue weighted by atomic mass is 16.2. The number of H-pyrrole nitrogens is 1. The Hall–Kier alpha value is -3.59. The molecule has 0 atom stereocenters. The first-order valence-corrected chi connectivity index (χ1v) is 11.2. The van der Waals surface area contributed by atoms with Crippen LogP contribution in [-0.4, -0.2) is 56.7 Å². The lowest BCUT2D eigenvalue weighted by Gasteiger charge is -2.29. The second kappa shape index (κ2) is 7.83. The maximum absolute atomic E-state index is 13.0. The van der Waals surface area contributed by atoms with Crippen LogP contribution < -0.4 is 15.5 Å². The van der Waals surface area contributed by atoms with Gasteiger partial charge in [0.25, 0.3) is 5.91 Å². The van der Waals surface area contributed by atoms with E-state index in [1.165, 1.54) is 18.5 Å². The number of benzene rings is 1. The van der Waals surface area contributed by atoms with Gasteiger partial charge in [-0.1, -0.05) is 6.07 Å². The molecule has 1 saturated heterocycles. The van der Waals surface area contributed by atoms with Crippen molar-refractivity contribution in [3.05, 3.63) is 66.0 Å². The summed E-state index contributed by atoms with van der Waals surface area (Å²) in [6.45, 7) is 3.79. The highest BCUT2D eigenvalue weighted by Crippen LogP contribution is 2.39. The van der Waals surface area contributed by atoms with Gasteiger partial charge >= 0.3 is 0 Å². The summed E-state index contributed by atoms with van der Waals surface area (Å²) in [7, 11) is 0. The molecule has 2 aliphatic heterocycles. The fourth-order valence-corrected chi connectivity index (χ4v) is 4.34. The lowest BCUT2D eigenvalue weighted by molar-refractivity contribution is 0.0736. The molecule has 4 heterocycles. The largest absolute Gasteiger partial charge is 0.337 e. The first kappa shape index (κ1) is 19.1. The van der Waals surface area contributed by atoms with Gasteiger partial charge in [0.1, 0.15) is 11.6 Å². The Labute approximate surface area is 186 Å². The average Bonchev–Trinajstić information content (AvgIpc) is 3.39. The maximum atomic E-state index is 13.0. The van der Waals surface area contributed by atoms with Crippen LogP contribution in [0.2, 0.25) is 0 Å². The van der Waals surface area contributed by atoms with Gasteiger partial charge in [0.2, 0.25) is 0 Å². The average molecular weight is 431 g/mol. The van der Waals surface area contributed by atoms with Gasteiger partial charge < -0.3 is 20.4 Å². The number of amides is 1. The number of fused-ring (bicyclic) bond motifs is 1. The van der Waals surface area contributed by atoms with E-state index in [0.717, 1.165) is 49.3 Å². The Morgan fingerprint density at radius 2 is 2.03 bits per heavy atom. The molecule has 0 spiro atoms. The topological polar surface area (TPSA) is 94.1 Å². The number of carbonyl (C=O) groups excluding carboxylic acids is 1. The van der Waals surface area contributed by atoms with Gasteiger partial charge in [-0.05, 0) is 31.0 Å². The van der Waals surface area contributed by atoms with Crippen LogP contribution in [0.15, 0.2) is 48.9 Å². The Bertz CT molecular complexity index is 1170. The molecular weight excluding hydrogens is 404 g/mol. The maximum Gasteiger partial charge on any atom is 0.254 e. The second-order valence-electron chi connectivity index (χ2n) is 8.56. The van der Waals surface area contributed by atoms with Crippen molar-refractivity contribution in [3.8, 4) is 0 Å². The smallest absolute Gasteiger partial charge is 0.254 e. The summed E-state index contributed by atoms with van der Waals surface area (Å²) in [4.78, 5) is 21.5. The number of nitrogens with one attached hydrogen (secondary N) is 3. The minimum Gasteiger partial charge on any atom is -0.337 e. The van der Waals surface area contributed by atoms with E-state index >= 15 is 0 Å². The summed E-state index contributed by atoms with van der Waals surface area (Å²) in [6.07, 6.45) is 8.26. The van der Waals surface area contributed by atoms with Crippen LogP contribution >= 0.6 is 0 Å². The zero-order valence-corrected chi connectivity index (χ0v) is 17.8. The third-order valence-electron chi connectivity index (χ3n) is 6.27. The summed E-state index contributed by atoms with van der Waals surface area (Å²) >= 11 is 0. The summed E-state index contributed by atoms with van der Waals surface area (Å²) in [5, 5.41) is 14.3. The fraction of sp³-hybridized carbons (Fsp3) is 0.348. The predicted octanol–water partition coefficient (Wildman–Crippen LogP) is 2.42. The van der Waals surface area contributed by atoms with Crippen LogP contribution in [0.3, 0.4) is 0 Å². The van der Waals surface area contributed by atoms with E-state index in [9.17, 15) is 4.79 Å². The molecule has 9 heteroatoms. The number of piperazine rings is 1. The molecule has 3 aliphatic rings. The highest BCUT2D eigenvalue weighted by Gasteiger charge is 2.26. The van der Waals surface area contributed by atoms with Crippen LogP contribution in [-0.2, 0) is 6.54 Å². The minimum absolute atomic E-state index is 0.0818. The number of carbonyl (C=O) groups is 1. The van der Waals surface area contributed by atoms with Crippen molar-refractivity contribution in [2.45, 2.75) is 25.3 Å². The molecule has 1 aliphatic carbocycles. The number of imidazole rings is 1. The molecule has 6 rings (SSSR count). The number of aromatic nitrogens is 4. The van der Waals surface area contributed by atoms with Gasteiger partial charge in [0.15, 0.2) is 5.82 Å². The first-order valence-electron chi connectivity index (χ1n) is 11.2.